The molecular formula is C19H14F4N6OS2. The summed E-state index contributed by atoms with van der Waals surface area (Å²) in [5.41, 5.74) is -0.781. The molecule has 2 amide bonds. The smallest absolute Gasteiger partial charge is 0.368 e. The lowest BCUT2D eigenvalue weighted by atomic mass is 10.2. The van der Waals surface area contributed by atoms with Gasteiger partial charge in [-0.15, -0.1) is 22.7 Å². The van der Waals surface area contributed by atoms with Crippen LogP contribution in [0.1, 0.15) is 10.4 Å². The highest BCUT2D eigenvalue weighted by Gasteiger charge is 2.34. The van der Waals surface area contributed by atoms with Crippen LogP contribution in [0.2, 0.25) is 0 Å². The standard InChI is InChI=1S/C19H14F4N6OS2/c20-13-2-1-10(7-12(13)19(21,22)23)28-17(30)29-18-25-8-11(32-18)3-5-24-16-15-14(4-6-31-15)26-9-27-16/h1-2,4,6-9H,3,5H2,(H,24,26,27)(H2,25,28,29,30). The molecule has 0 atom stereocenters. The molecule has 0 fully saturated rings. The molecule has 0 aliphatic rings. The highest BCUT2D eigenvalue weighted by Crippen LogP contribution is 2.33. The molecule has 0 saturated heterocycles. The van der Waals surface area contributed by atoms with E-state index in [4.69, 9.17) is 0 Å². The van der Waals surface area contributed by atoms with Crippen LogP contribution < -0.4 is 16.0 Å². The van der Waals surface area contributed by atoms with E-state index in [0.717, 1.165) is 27.0 Å². The molecule has 166 valence electrons. The summed E-state index contributed by atoms with van der Waals surface area (Å²) in [4.78, 5) is 25.5. The van der Waals surface area contributed by atoms with Gasteiger partial charge in [-0.05, 0) is 29.6 Å². The fourth-order valence-electron chi connectivity index (χ4n) is 2.78. The zero-order chi connectivity index (χ0) is 22.7. The Morgan fingerprint density at radius 1 is 1.09 bits per heavy atom. The normalized spacial score (nSPS) is 11.5. The van der Waals surface area contributed by atoms with Crippen LogP contribution in [0.4, 0.5) is 39.0 Å². The van der Waals surface area contributed by atoms with Crippen molar-refractivity contribution in [3.8, 4) is 0 Å². The fraction of sp³-hybridized carbons (Fsp3) is 0.158. The van der Waals surface area contributed by atoms with Gasteiger partial charge in [0.15, 0.2) is 5.13 Å². The van der Waals surface area contributed by atoms with Gasteiger partial charge < -0.3 is 10.6 Å². The van der Waals surface area contributed by atoms with Gasteiger partial charge in [0, 0.05) is 29.7 Å². The number of alkyl halides is 3. The molecule has 3 aromatic heterocycles. The summed E-state index contributed by atoms with van der Waals surface area (Å²) in [6, 6.07) is 3.35. The average molecular weight is 482 g/mol. The third-order valence-corrected chi connectivity index (χ3v) is 6.09. The van der Waals surface area contributed by atoms with Crippen molar-refractivity contribution >= 4 is 55.6 Å². The molecule has 7 nitrogen and oxygen atoms in total. The van der Waals surface area contributed by atoms with Crippen LogP contribution in [-0.4, -0.2) is 27.5 Å². The lowest BCUT2D eigenvalue weighted by molar-refractivity contribution is -0.139. The maximum absolute atomic E-state index is 13.4. The maximum atomic E-state index is 13.4. The topological polar surface area (TPSA) is 91.8 Å². The predicted octanol–water partition coefficient (Wildman–Crippen LogP) is 5.60. The number of rotatable bonds is 6. The molecule has 13 heteroatoms. The van der Waals surface area contributed by atoms with Crippen molar-refractivity contribution in [3.05, 3.63) is 58.4 Å². The van der Waals surface area contributed by atoms with Gasteiger partial charge in [0.2, 0.25) is 0 Å². The molecule has 32 heavy (non-hydrogen) atoms. The summed E-state index contributed by atoms with van der Waals surface area (Å²) >= 11 is 2.77. The molecule has 0 unspecified atom stereocenters. The molecule has 3 N–H and O–H groups in total. The van der Waals surface area contributed by atoms with Crippen molar-refractivity contribution in [3.63, 3.8) is 0 Å². The van der Waals surface area contributed by atoms with Gasteiger partial charge >= 0.3 is 12.2 Å². The van der Waals surface area contributed by atoms with Gasteiger partial charge in [-0.3, -0.25) is 5.32 Å². The highest BCUT2D eigenvalue weighted by atomic mass is 32.1. The van der Waals surface area contributed by atoms with E-state index in [9.17, 15) is 22.4 Å². The zero-order valence-corrected chi connectivity index (χ0v) is 17.7. The second-order valence-electron chi connectivity index (χ2n) is 6.44. The minimum Gasteiger partial charge on any atom is -0.368 e. The molecule has 0 saturated carbocycles. The molecule has 0 aliphatic carbocycles. The summed E-state index contributed by atoms with van der Waals surface area (Å²) < 4.78 is 52.7. The van der Waals surface area contributed by atoms with Gasteiger partial charge in [0.1, 0.15) is 18.0 Å². The van der Waals surface area contributed by atoms with Crippen LogP contribution in [0.15, 0.2) is 42.2 Å². The Labute approximate surface area is 186 Å². The van der Waals surface area contributed by atoms with Gasteiger partial charge in [-0.2, -0.15) is 13.2 Å². The van der Waals surface area contributed by atoms with Crippen LogP contribution in [0.5, 0.6) is 0 Å². The monoisotopic (exact) mass is 482 g/mol. The summed E-state index contributed by atoms with van der Waals surface area (Å²) in [5.74, 6) is -0.673. The average Bonchev–Trinajstić information content (AvgIpc) is 3.38. The highest BCUT2D eigenvalue weighted by molar-refractivity contribution is 7.17. The van der Waals surface area contributed by atoms with Crippen molar-refractivity contribution in [2.24, 2.45) is 0 Å². The lowest BCUT2D eigenvalue weighted by Crippen LogP contribution is -2.20. The minimum absolute atomic E-state index is 0.193. The quantitative estimate of drug-likeness (QED) is 0.311. The number of amides is 2. The predicted molar refractivity (Wildman–Crippen MR) is 116 cm³/mol. The summed E-state index contributed by atoms with van der Waals surface area (Å²) in [6.07, 6.45) is -1.16. The largest absolute Gasteiger partial charge is 0.419 e. The number of nitrogens with one attached hydrogen (secondary N) is 3. The number of urea groups is 1. The van der Waals surface area contributed by atoms with Crippen LogP contribution in [0.25, 0.3) is 10.2 Å². The first-order valence-electron chi connectivity index (χ1n) is 9.11. The first-order chi connectivity index (χ1) is 15.3. The fourth-order valence-corrected chi connectivity index (χ4v) is 4.40. The summed E-state index contributed by atoms with van der Waals surface area (Å²) in [7, 11) is 0. The molecule has 0 aliphatic heterocycles. The van der Waals surface area contributed by atoms with E-state index in [1.54, 1.807) is 6.20 Å². The van der Waals surface area contributed by atoms with Crippen molar-refractivity contribution in [2.45, 2.75) is 12.6 Å². The SMILES string of the molecule is O=C(Nc1ccc(F)c(C(F)(F)F)c1)Nc1ncc(CCNc2ncnc3ccsc23)s1. The van der Waals surface area contributed by atoms with Gasteiger partial charge in [-0.25, -0.2) is 24.1 Å². The number of aromatic nitrogens is 3. The van der Waals surface area contributed by atoms with E-state index >= 15 is 0 Å². The van der Waals surface area contributed by atoms with E-state index in [1.807, 2.05) is 11.4 Å². The first-order valence-corrected chi connectivity index (χ1v) is 10.8. The summed E-state index contributed by atoms with van der Waals surface area (Å²) in [5, 5.41) is 10.2. The number of thiazole rings is 1. The van der Waals surface area contributed by atoms with E-state index < -0.39 is 23.6 Å². The van der Waals surface area contributed by atoms with Crippen molar-refractivity contribution in [2.75, 3.05) is 22.5 Å². The molecule has 4 rings (SSSR count). The number of hydrogen-bond acceptors (Lipinski definition) is 7. The number of halogens is 4. The molecule has 1 aromatic carbocycles. The van der Waals surface area contributed by atoms with Crippen LogP contribution in [0.3, 0.4) is 0 Å². The van der Waals surface area contributed by atoms with Gasteiger partial charge in [0.25, 0.3) is 0 Å². The third-order valence-electron chi connectivity index (χ3n) is 4.21. The second kappa shape index (κ2) is 9.04. The number of thiophene rings is 1. The van der Waals surface area contributed by atoms with Crippen molar-refractivity contribution in [1.82, 2.24) is 15.0 Å². The molecule has 4 aromatic rings. The van der Waals surface area contributed by atoms with Gasteiger partial charge in [0.05, 0.1) is 15.8 Å². The molecule has 0 bridgehead atoms. The molecule has 0 radical (unpaired) electrons. The van der Waals surface area contributed by atoms with E-state index in [1.165, 1.54) is 29.0 Å². The molecule has 3 heterocycles. The summed E-state index contributed by atoms with van der Waals surface area (Å²) in [6.45, 7) is 0.577. The van der Waals surface area contributed by atoms with E-state index in [2.05, 4.69) is 30.9 Å². The molecule has 0 spiro atoms. The number of carbonyl (C=O) groups is 1. The first kappa shape index (κ1) is 21.9. The van der Waals surface area contributed by atoms with E-state index in [0.29, 0.717) is 25.1 Å². The molecular weight excluding hydrogens is 468 g/mol. The number of benzene rings is 1. The van der Waals surface area contributed by atoms with Crippen molar-refractivity contribution in [1.29, 1.82) is 0 Å². The minimum atomic E-state index is -4.86. The Morgan fingerprint density at radius 3 is 2.75 bits per heavy atom. The van der Waals surface area contributed by atoms with Gasteiger partial charge in [-0.1, -0.05) is 0 Å². The van der Waals surface area contributed by atoms with Crippen LogP contribution in [0, 0.1) is 5.82 Å². The number of anilines is 3. The Bertz CT molecular complexity index is 1260. The zero-order valence-electron chi connectivity index (χ0n) is 16.0. The second-order valence-corrected chi connectivity index (χ2v) is 8.47. The Kier molecular flexibility index (Phi) is 6.19. The lowest BCUT2D eigenvalue weighted by Gasteiger charge is -2.11. The Morgan fingerprint density at radius 2 is 1.94 bits per heavy atom. The number of hydrogen-bond donors (Lipinski definition) is 3. The number of carbonyl (C=O) groups excluding carboxylic acids is 1. The number of nitrogens with zero attached hydrogens (tertiary/aromatic N) is 3. The van der Waals surface area contributed by atoms with Crippen LogP contribution in [-0.2, 0) is 12.6 Å². The third kappa shape index (κ3) is 5.11. The number of fused-ring (bicyclic) bond motifs is 1. The van der Waals surface area contributed by atoms with Crippen molar-refractivity contribution < 1.29 is 22.4 Å². The van der Waals surface area contributed by atoms with E-state index in [-0.39, 0.29) is 10.8 Å². The Hall–Kier alpha value is -3.32. The maximum Gasteiger partial charge on any atom is 0.419 e. The Balaban J connectivity index is 1.31. The van der Waals surface area contributed by atoms with Crippen LogP contribution >= 0.6 is 22.7 Å².